The summed E-state index contributed by atoms with van der Waals surface area (Å²) in [5.41, 5.74) is 0.211. The molecule has 0 aromatic heterocycles. The highest BCUT2D eigenvalue weighted by atomic mass is 79.9. The SMILES string of the molecule is CC(CC(F)(F)F)NC(=O)c1cc(Cl)cc(Br)c1. The van der Waals surface area contributed by atoms with Gasteiger partial charge in [0.2, 0.25) is 0 Å². The molecule has 0 aliphatic rings. The Labute approximate surface area is 116 Å². The Bertz CT molecular complexity index is 430. The van der Waals surface area contributed by atoms with Crippen molar-refractivity contribution in [1.29, 1.82) is 0 Å². The molecule has 0 bridgehead atoms. The van der Waals surface area contributed by atoms with Crippen molar-refractivity contribution in [2.75, 3.05) is 0 Å². The molecule has 1 amide bonds. The van der Waals surface area contributed by atoms with Gasteiger partial charge in [0.1, 0.15) is 0 Å². The number of carbonyl (C=O) groups is 1. The minimum Gasteiger partial charge on any atom is -0.349 e. The largest absolute Gasteiger partial charge is 0.391 e. The maximum absolute atomic E-state index is 12.1. The van der Waals surface area contributed by atoms with Crippen molar-refractivity contribution in [2.24, 2.45) is 0 Å². The number of rotatable bonds is 3. The van der Waals surface area contributed by atoms with Crippen molar-refractivity contribution in [3.63, 3.8) is 0 Å². The molecule has 100 valence electrons. The highest BCUT2D eigenvalue weighted by Crippen LogP contribution is 2.22. The van der Waals surface area contributed by atoms with Crippen LogP contribution in [0.2, 0.25) is 5.02 Å². The topological polar surface area (TPSA) is 29.1 Å². The lowest BCUT2D eigenvalue weighted by Crippen LogP contribution is -2.35. The number of hydrogen-bond acceptors (Lipinski definition) is 1. The number of hydrogen-bond donors (Lipinski definition) is 1. The summed E-state index contributed by atoms with van der Waals surface area (Å²) in [7, 11) is 0. The number of alkyl halides is 3. The van der Waals surface area contributed by atoms with Crippen LogP contribution in [0.15, 0.2) is 22.7 Å². The van der Waals surface area contributed by atoms with Gasteiger partial charge in [-0.1, -0.05) is 27.5 Å². The average Bonchev–Trinajstić information content (AvgIpc) is 2.12. The average molecular weight is 345 g/mol. The van der Waals surface area contributed by atoms with E-state index in [-0.39, 0.29) is 5.56 Å². The third-order valence-electron chi connectivity index (χ3n) is 2.04. The second kappa shape index (κ2) is 5.93. The van der Waals surface area contributed by atoms with E-state index in [2.05, 4.69) is 21.2 Å². The molecule has 1 rings (SSSR count). The van der Waals surface area contributed by atoms with Gasteiger partial charge < -0.3 is 5.32 Å². The minimum absolute atomic E-state index is 0.211. The first kappa shape index (κ1) is 15.3. The van der Waals surface area contributed by atoms with Gasteiger partial charge in [0.05, 0.1) is 6.42 Å². The Morgan fingerprint density at radius 3 is 2.56 bits per heavy atom. The van der Waals surface area contributed by atoms with Gasteiger partial charge in [-0.25, -0.2) is 0 Å². The highest BCUT2D eigenvalue weighted by Gasteiger charge is 2.30. The summed E-state index contributed by atoms with van der Waals surface area (Å²) in [4.78, 5) is 11.7. The molecule has 7 heteroatoms. The van der Waals surface area contributed by atoms with Crippen molar-refractivity contribution in [2.45, 2.75) is 25.6 Å². The van der Waals surface area contributed by atoms with Crippen LogP contribution in [0.5, 0.6) is 0 Å². The molecule has 1 atom stereocenters. The van der Waals surface area contributed by atoms with Crippen LogP contribution < -0.4 is 5.32 Å². The zero-order chi connectivity index (χ0) is 13.9. The smallest absolute Gasteiger partial charge is 0.349 e. The van der Waals surface area contributed by atoms with E-state index in [1.54, 1.807) is 6.07 Å². The highest BCUT2D eigenvalue weighted by molar-refractivity contribution is 9.10. The van der Waals surface area contributed by atoms with Gasteiger partial charge >= 0.3 is 6.18 Å². The van der Waals surface area contributed by atoms with E-state index >= 15 is 0 Å². The molecule has 0 radical (unpaired) electrons. The molecule has 1 N–H and O–H groups in total. The first-order valence-electron chi connectivity index (χ1n) is 5.01. The van der Waals surface area contributed by atoms with Crippen LogP contribution in [0.3, 0.4) is 0 Å². The standard InChI is InChI=1S/C11H10BrClF3NO/c1-6(5-11(14,15)16)17-10(18)7-2-8(12)4-9(13)3-7/h2-4,6H,5H2,1H3,(H,17,18). The Kier molecular flexibility index (Phi) is 5.04. The maximum Gasteiger partial charge on any atom is 0.391 e. The normalized spacial score (nSPS) is 13.2. The maximum atomic E-state index is 12.1. The monoisotopic (exact) mass is 343 g/mol. The molecule has 1 aromatic rings. The summed E-state index contributed by atoms with van der Waals surface area (Å²) in [6, 6.07) is 3.47. The lowest BCUT2D eigenvalue weighted by molar-refractivity contribution is -0.138. The Hall–Kier alpha value is -0.750. The Morgan fingerprint density at radius 1 is 1.44 bits per heavy atom. The summed E-state index contributed by atoms with van der Waals surface area (Å²) in [5, 5.41) is 2.60. The van der Waals surface area contributed by atoms with Gasteiger partial charge in [-0.15, -0.1) is 0 Å². The van der Waals surface area contributed by atoms with Crippen LogP contribution in [0.1, 0.15) is 23.7 Å². The van der Waals surface area contributed by atoms with Gasteiger partial charge in [0.15, 0.2) is 0 Å². The molecule has 0 saturated carbocycles. The van der Waals surface area contributed by atoms with Crippen molar-refractivity contribution < 1.29 is 18.0 Å². The fourth-order valence-electron chi connectivity index (χ4n) is 1.39. The lowest BCUT2D eigenvalue weighted by Gasteiger charge is -2.16. The van der Waals surface area contributed by atoms with Crippen LogP contribution in [0, 0.1) is 0 Å². The van der Waals surface area contributed by atoms with Crippen molar-refractivity contribution in [1.82, 2.24) is 5.32 Å². The van der Waals surface area contributed by atoms with Gasteiger partial charge in [-0.05, 0) is 25.1 Å². The molecular formula is C11H10BrClF3NO. The van der Waals surface area contributed by atoms with Crippen LogP contribution >= 0.6 is 27.5 Å². The number of benzene rings is 1. The molecule has 0 heterocycles. The van der Waals surface area contributed by atoms with E-state index in [0.29, 0.717) is 9.50 Å². The van der Waals surface area contributed by atoms with E-state index in [1.807, 2.05) is 0 Å². The minimum atomic E-state index is -4.30. The van der Waals surface area contributed by atoms with Crippen molar-refractivity contribution in [3.05, 3.63) is 33.3 Å². The van der Waals surface area contributed by atoms with Crippen molar-refractivity contribution >= 4 is 33.4 Å². The summed E-state index contributed by atoms with van der Waals surface area (Å²) in [5.74, 6) is -0.588. The number of amides is 1. The Morgan fingerprint density at radius 2 is 2.06 bits per heavy atom. The van der Waals surface area contributed by atoms with E-state index in [1.165, 1.54) is 19.1 Å². The summed E-state index contributed by atoms with van der Waals surface area (Å²) in [6.45, 7) is 1.30. The fraction of sp³-hybridized carbons (Fsp3) is 0.364. The first-order valence-corrected chi connectivity index (χ1v) is 6.18. The summed E-state index contributed by atoms with van der Waals surface area (Å²) in [6.07, 6.45) is -5.37. The quantitative estimate of drug-likeness (QED) is 0.876. The van der Waals surface area contributed by atoms with Gasteiger partial charge in [-0.3, -0.25) is 4.79 Å². The summed E-state index contributed by atoms with van der Waals surface area (Å²) >= 11 is 8.90. The third-order valence-corrected chi connectivity index (χ3v) is 2.72. The van der Waals surface area contributed by atoms with Crippen LogP contribution in [0.4, 0.5) is 13.2 Å². The zero-order valence-corrected chi connectivity index (χ0v) is 11.7. The molecule has 0 aliphatic carbocycles. The van der Waals surface area contributed by atoms with E-state index < -0.39 is 24.5 Å². The fourth-order valence-corrected chi connectivity index (χ4v) is 2.25. The molecule has 1 unspecified atom stereocenters. The molecule has 1 aromatic carbocycles. The van der Waals surface area contributed by atoms with Crippen molar-refractivity contribution in [3.8, 4) is 0 Å². The molecule has 0 spiro atoms. The molecule has 0 fully saturated rings. The van der Waals surface area contributed by atoms with E-state index in [0.717, 1.165) is 0 Å². The molecule has 0 aliphatic heterocycles. The second-order valence-corrected chi connectivity index (χ2v) is 5.20. The van der Waals surface area contributed by atoms with Gasteiger partial charge in [0.25, 0.3) is 5.91 Å². The first-order chi connectivity index (χ1) is 8.17. The zero-order valence-electron chi connectivity index (χ0n) is 9.31. The molecule has 18 heavy (non-hydrogen) atoms. The number of nitrogens with one attached hydrogen (secondary N) is 1. The predicted octanol–water partition coefficient (Wildman–Crippen LogP) is 4.17. The molecular weight excluding hydrogens is 334 g/mol. The lowest BCUT2D eigenvalue weighted by atomic mass is 10.1. The van der Waals surface area contributed by atoms with Crippen LogP contribution in [-0.2, 0) is 0 Å². The second-order valence-electron chi connectivity index (χ2n) is 3.85. The third kappa shape index (κ3) is 5.27. The van der Waals surface area contributed by atoms with Crippen LogP contribution in [0.25, 0.3) is 0 Å². The summed E-state index contributed by atoms with van der Waals surface area (Å²) < 4.78 is 36.9. The van der Waals surface area contributed by atoms with Gasteiger partial charge in [-0.2, -0.15) is 13.2 Å². The Balaban J connectivity index is 2.70. The van der Waals surface area contributed by atoms with Crippen LogP contribution in [-0.4, -0.2) is 18.1 Å². The molecule has 2 nitrogen and oxygen atoms in total. The number of carbonyl (C=O) groups excluding carboxylic acids is 1. The van der Waals surface area contributed by atoms with Gasteiger partial charge in [0, 0.05) is 21.1 Å². The van der Waals surface area contributed by atoms with E-state index in [4.69, 9.17) is 11.6 Å². The number of halogens is 5. The predicted molar refractivity (Wildman–Crippen MR) is 66.8 cm³/mol. The van der Waals surface area contributed by atoms with E-state index in [9.17, 15) is 18.0 Å². The molecule has 0 saturated heterocycles.